The normalized spacial score (nSPS) is 12.8. The number of alkyl carbamates (subject to hydrolysis) is 2. The van der Waals surface area contributed by atoms with Crippen LogP contribution in [0.2, 0.25) is 0 Å². The van der Waals surface area contributed by atoms with Crippen molar-refractivity contribution in [2.24, 2.45) is 11.0 Å². The lowest BCUT2D eigenvalue weighted by atomic mass is 10.0. The van der Waals surface area contributed by atoms with E-state index in [1.807, 2.05) is 61.5 Å². The Morgan fingerprint density at radius 3 is 2.14 bits per heavy atom. The van der Waals surface area contributed by atoms with Crippen molar-refractivity contribution < 1.29 is 33.4 Å². The summed E-state index contributed by atoms with van der Waals surface area (Å²) in [6, 6.07) is 13.8. The Labute approximate surface area is 297 Å². The minimum Gasteiger partial charge on any atom is -0.445 e. The third-order valence-electron chi connectivity index (χ3n) is 7.09. The van der Waals surface area contributed by atoms with Crippen molar-refractivity contribution in [3.63, 3.8) is 0 Å². The van der Waals surface area contributed by atoms with E-state index in [4.69, 9.17) is 15.0 Å². The van der Waals surface area contributed by atoms with Gasteiger partial charge in [-0.1, -0.05) is 74.0 Å². The van der Waals surface area contributed by atoms with Crippen LogP contribution in [-0.4, -0.2) is 65.9 Å². The Kier molecular flexibility index (Phi) is 17.7. The number of carbonyl (C=O) groups excluding carboxylic acids is 5. The zero-order valence-corrected chi connectivity index (χ0v) is 30.4. The molecule has 3 atom stereocenters. The standard InChI is InChI=1S/C35H49N7O7S/c1-23(2)29(40-34(47)49-35(4,5)6)32(45)39-28(22-50-21-26-17-15-24(3)16-18-26)30(43)38-27(31(44)41-42-36)14-10-11-19-37-33(46)48-20-25-12-8-7-9-13-25/h7-9,12-13,15-18,23,27-29H,10-11,14,19-22H2,1-6H3,(H,37,46)(H,38,43)(H,39,45)(H,40,47)/t27-,28-,29-/m0/s1. The molecule has 14 nitrogen and oxygen atoms in total. The molecule has 5 amide bonds. The van der Waals surface area contributed by atoms with Crippen LogP contribution in [0.25, 0.3) is 10.4 Å². The first kappa shape index (κ1) is 41.4. The van der Waals surface area contributed by atoms with E-state index in [1.54, 1.807) is 34.6 Å². The number of azide groups is 1. The first-order valence-corrected chi connectivity index (χ1v) is 17.6. The minimum absolute atomic E-state index is 0.107. The number of nitrogens with one attached hydrogen (secondary N) is 4. The fraction of sp³-hybridized carbons (Fsp3) is 0.514. The second-order valence-electron chi connectivity index (χ2n) is 13.0. The molecule has 0 spiro atoms. The minimum atomic E-state index is -1.18. The highest BCUT2D eigenvalue weighted by Gasteiger charge is 2.32. The topological polar surface area (TPSA) is 201 Å². The van der Waals surface area contributed by atoms with E-state index in [0.29, 0.717) is 18.6 Å². The lowest BCUT2D eigenvalue weighted by molar-refractivity contribution is -0.132. The molecule has 0 aliphatic rings. The molecule has 50 heavy (non-hydrogen) atoms. The van der Waals surface area contributed by atoms with Gasteiger partial charge in [0.1, 0.15) is 24.3 Å². The van der Waals surface area contributed by atoms with Crippen LogP contribution >= 0.6 is 11.8 Å². The Hall–Kier alpha value is -4.75. The van der Waals surface area contributed by atoms with Gasteiger partial charge in [0.05, 0.1) is 6.04 Å². The maximum Gasteiger partial charge on any atom is 0.408 e. The van der Waals surface area contributed by atoms with Crippen molar-refractivity contribution in [3.8, 4) is 0 Å². The average Bonchev–Trinajstić information content (AvgIpc) is 3.05. The molecule has 0 heterocycles. The monoisotopic (exact) mass is 711 g/mol. The van der Waals surface area contributed by atoms with Crippen LogP contribution in [-0.2, 0) is 36.2 Å². The molecule has 2 aromatic carbocycles. The fourth-order valence-electron chi connectivity index (χ4n) is 4.47. The highest BCUT2D eigenvalue weighted by molar-refractivity contribution is 7.98. The van der Waals surface area contributed by atoms with Crippen LogP contribution in [0, 0.1) is 12.8 Å². The zero-order chi connectivity index (χ0) is 37.1. The Morgan fingerprint density at radius 2 is 1.52 bits per heavy atom. The molecule has 0 radical (unpaired) electrons. The summed E-state index contributed by atoms with van der Waals surface area (Å²) < 4.78 is 10.5. The third-order valence-corrected chi connectivity index (χ3v) is 8.19. The Balaban J connectivity index is 2.07. The summed E-state index contributed by atoms with van der Waals surface area (Å²) in [5.74, 6) is -1.82. The van der Waals surface area contributed by atoms with Gasteiger partial charge < -0.3 is 30.7 Å². The maximum atomic E-state index is 13.6. The van der Waals surface area contributed by atoms with Crippen molar-refractivity contribution in [1.29, 1.82) is 0 Å². The number of rotatable bonds is 18. The molecule has 2 rings (SSSR count). The molecule has 272 valence electrons. The molecule has 0 aliphatic carbocycles. The summed E-state index contributed by atoms with van der Waals surface area (Å²) >= 11 is 1.40. The lowest BCUT2D eigenvalue weighted by Crippen LogP contribution is -2.58. The van der Waals surface area contributed by atoms with Crippen LogP contribution in [0.4, 0.5) is 9.59 Å². The van der Waals surface area contributed by atoms with Crippen molar-refractivity contribution in [3.05, 3.63) is 81.7 Å². The maximum absolute atomic E-state index is 13.6. The summed E-state index contributed by atoms with van der Waals surface area (Å²) in [7, 11) is 0. The molecule has 0 fully saturated rings. The number of ether oxygens (including phenoxy) is 2. The first-order valence-electron chi connectivity index (χ1n) is 16.5. The summed E-state index contributed by atoms with van der Waals surface area (Å²) in [5.41, 5.74) is 11.1. The van der Waals surface area contributed by atoms with Gasteiger partial charge in [-0.3, -0.25) is 14.4 Å². The van der Waals surface area contributed by atoms with E-state index in [9.17, 15) is 24.0 Å². The van der Waals surface area contributed by atoms with Gasteiger partial charge >= 0.3 is 12.2 Å². The van der Waals surface area contributed by atoms with E-state index in [0.717, 1.165) is 16.7 Å². The Morgan fingerprint density at radius 1 is 0.860 bits per heavy atom. The van der Waals surface area contributed by atoms with Crippen molar-refractivity contribution in [2.45, 2.75) is 96.9 Å². The van der Waals surface area contributed by atoms with E-state index in [1.165, 1.54) is 11.8 Å². The average molecular weight is 712 g/mol. The summed E-state index contributed by atoms with van der Waals surface area (Å²) in [6.07, 6.45) is -0.442. The van der Waals surface area contributed by atoms with Crippen LogP contribution in [0.5, 0.6) is 0 Å². The number of unbranched alkanes of at least 4 members (excludes halogenated alkanes) is 1. The number of carbonyl (C=O) groups is 5. The summed E-state index contributed by atoms with van der Waals surface area (Å²) in [4.78, 5) is 66.9. The van der Waals surface area contributed by atoms with Gasteiger partial charge in [-0.2, -0.15) is 11.8 Å². The number of hydrogen-bond donors (Lipinski definition) is 4. The van der Waals surface area contributed by atoms with Crippen molar-refractivity contribution in [2.75, 3.05) is 12.3 Å². The second kappa shape index (κ2) is 21.4. The van der Waals surface area contributed by atoms with Gasteiger partial charge in [-0.05, 0) is 74.6 Å². The molecule has 0 saturated carbocycles. The predicted octanol–water partition coefficient (Wildman–Crippen LogP) is 5.68. The number of aryl methyl sites for hydroxylation is 1. The molecule has 15 heteroatoms. The number of amides is 5. The van der Waals surface area contributed by atoms with Gasteiger partial charge in [-0.15, -0.1) is 0 Å². The summed E-state index contributed by atoms with van der Waals surface area (Å²) in [5, 5.41) is 13.8. The molecule has 0 saturated heterocycles. The summed E-state index contributed by atoms with van der Waals surface area (Å²) in [6.45, 7) is 11.0. The van der Waals surface area contributed by atoms with Gasteiger partial charge in [0.25, 0.3) is 0 Å². The molecule has 0 unspecified atom stereocenters. The molecule has 4 N–H and O–H groups in total. The third kappa shape index (κ3) is 16.6. The highest BCUT2D eigenvalue weighted by atomic mass is 32.2. The van der Waals surface area contributed by atoms with Gasteiger partial charge in [0, 0.05) is 23.0 Å². The molecular formula is C35H49N7O7S. The molecule has 0 bridgehead atoms. The van der Waals surface area contributed by atoms with Gasteiger partial charge in [0.15, 0.2) is 0 Å². The van der Waals surface area contributed by atoms with E-state index >= 15 is 0 Å². The largest absolute Gasteiger partial charge is 0.445 e. The van der Waals surface area contributed by atoms with Crippen molar-refractivity contribution >= 4 is 41.7 Å². The van der Waals surface area contributed by atoms with E-state index < -0.39 is 53.6 Å². The van der Waals surface area contributed by atoms with Crippen LogP contribution in [0.15, 0.2) is 59.7 Å². The zero-order valence-electron chi connectivity index (χ0n) is 29.6. The number of hydrogen-bond acceptors (Lipinski definition) is 8. The Bertz CT molecular complexity index is 1460. The first-order chi connectivity index (χ1) is 23.7. The van der Waals surface area contributed by atoms with E-state index in [2.05, 4.69) is 31.3 Å². The van der Waals surface area contributed by atoms with Crippen molar-refractivity contribution in [1.82, 2.24) is 21.3 Å². The SMILES string of the molecule is Cc1ccc(CSC[C@H](NC(=O)[C@@H](NC(=O)OC(C)(C)C)C(C)C)C(=O)N[C@@H](CCCCNC(=O)OCc2ccccc2)C(=O)N=[N+]=[N-])cc1. The molecule has 2 aromatic rings. The lowest BCUT2D eigenvalue weighted by Gasteiger charge is -2.27. The van der Waals surface area contributed by atoms with Crippen LogP contribution < -0.4 is 21.3 Å². The highest BCUT2D eigenvalue weighted by Crippen LogP contribution is 2.16. The van der Waals surface area contributed by atoms with Gasteiger partial charge in [-0.25, -0.2) is 9.59 Å². The number of benzene rings is 2. The second-order valence-corrected chi connectivity index (χ2v) is 14.0. The van der Waals surface area contributed by atoms with Crippen LogP contribution in [0.3, 0.4) is 0 Å². The number of thioether (sulfide) groups is 1. The van der Waals surface area contributed by atoms with Gasteiger partial charge in [0.2, 0.25) is 17.7 Å². The molecule has 0 aromatic heterocycles. The smallest absolute Gasteiger partial charge is 0.408 e. The predicted molar refractivity (Wildman–Crippen MR) is 192 cm³/mol. The molecular weight excluding hydrogens is 662 g/mol. The van der Waals surface area contributed by atoms with E-state index in [-0.39, 0.29) is 31.2 Å². The number of nitrogens with zero attached hydrogens (tertiary/aromatic N) is 3. The molecule has 0 aliphatic heterocycles. The quantitative estimate of drug-likeness (QED) is 0.0655. The fourth-order valence-corrected chi connectivity index (χ4v) is 5.49. The van der Waals surface area contributed by atoms with Crippen LogP contribution in [0.1, 0.15) is 70.6 Å².